The lowest BCUT2D eigenvalue weighted by Gasteiger charge is -2.26. The van der Waals surface area contributed by atoms with E-state index >= 15 is 0 Å². The Hall–Kier alpha value is -4.45. The molecule has 0 saturated carbocycles. The van der Waals surface area contributed by atoms with E-state index in [1.54, 1.807) is 18.7 Å². The van der Waals surface area contributed by atoms with Gasteiger partial charge < -0.3 is 28.1 Å². The largest absolute Gasteiger partial charge is 0.496 e. The molecular weight excluding hydrogens is 580 g/mol. The van der Waals surface area contributed by atoms with Gasteiger partial charge in [0.1, 0.15) is 29.4 Å². The number of ether oxygens (including phenoxy) is 5. The molecule has 0 bridgehead atoms. The van der Waals surface area contributed by atoms with Crippen LogP contribution in [0.15, 0.2) is 71.4 Å². The van der Waals surface area contributed by atoms with Crippen molar-refractivity contribution in [2.24, 2.45) is 0 Å². The van der Waals surface area contributed by atoms with Gasteiger partial charge in [0, 0.05) is 30.5 Å². The van der Waals surface area contributed by atoms with E-state index in [4.69, 9.17) is 33.1 Å². The molecule has 6 aromatic rings. The maximum Gasteiger partial charge on any atom is 0.294 e. The molecule has 1 saturated heterocycles. The van der Waals surface area contributed by atoms with Gasteiger partial charge in [-0.25, -0.2) is 9.50 Å². The zero-order valence-corrected chi connectivity index (χ0v) is 25.5. The second kappa shape index (κ2) is 12.3. The monoisotopic (exact) mass is 612 g/mol. The minimum atomic E-state index is -0.139. The van der Waals surface area contributed by atoms with E-state index in [0.717, 1.165) is 53.6 Å². The highest BCUT2D eigenvalue weighted by molar-refractivity contribution is 7.18. The Kier molecular flexibility index (Phi) is 7.90. The molecule has 1 aliphatic heterocycles. The normalized spacial score (nSPS) is 15.9. The Morgan fingerprint density at radius 2 is 1.98 bits per heavy atom. The molecule has 7 rings (SSSR count). The SMILES string of the molecule is COc1cc(OCc2cccc(-c3ccc(C(C)OC4CCCCO4)cn3)c2)c2cc(-c3cn4nc(OC)sc4n3)oc2c1. The molecule has 0 N–H and O–H groups in total. The van der Waals surface area contributed by atoms with Crippen LogP contribution in [0, 0.1) is 0 Å². The molecule has 0 aliphatic carbocycles. The molecule has 2 unspecified atom stereocenters. The minimum absolute atomic E-state index is 0.0899. The summed E-state index contributed by atoms with van der Waals surface area (Å²) in [6.07, 6.45) is 6.64. The van der Waals surface area contributed by atoms with Crippen molar-refractivity contribution in [3.8, 4) is 39.4 Å². The van der Waals surface area contributed by atoms with Crippen molar-refractivity contribution in [2.45, 2.75) is 45.2 Å². The number of hydrogen-bond donors (Lipinski definition) is 0. The highest BCUT2D eigenvalue weighted by atomic mass is 32.1. The molecule has 5 heterocycles. The molecule has 0 amide bonds. The zero-order chi connectivity index (χ0) is 30.0. The third kappa shape index (κ3) is 5.86. The van der Waals surface area contributed by atoms with Gasteiger partial charge in [0.15, 0.2) is 12.1 Å². The molecule has 1 aliphatic rings. The number of benzene rings is 2. The van der Waals surface area contributed by atoms with Crippen molar-refractivity contribution < 1.29 is 28.1 Å². The Bertz CT molecular complexity index is 1860. The number of pyridine rings is 1. The first-order valence-corrected chi connectivity index (χ1v) is 15.4. The maximum absolute atomic E-state index is 6.34. The fraction of sp³-hybridized carbons (Fsp3) is 0.303. The van der Waals surface area contributed by atoms with Crippen LogP contribution < -0.4 is 14.2 Å². The molecule has 2 aromatic carbocycles. The molecule has 226 valence electrons. The van der Waals surface area contributed by atoms with Gasteiger partial charge >= 0.3 is 0 Å². The second-order valence-electron chi connectivity index (χ2n) is 10.6. The van der Waals surface area contributed by atoms with Gasteiger partial charge in [0.2, 0.25) is 4.96 Å². The van der Waals surface area contributed by atoms with Gasteiger partial charge in [-0.05, 0) is 66.8 Å². The molecule has 0 radical (unpaired) electrons. The Morgan fingerprint density at radius 3 is 2.75 bits per heavy atom. The van der Waals surface area contributed by atoms with Crippen LogP contribution in [0.3, 0.4) is 0 Å². The van der Waals surface area contributed by atoms with E-state index in [-0.39, 0.29) is 12.4 Å². The standard InChI is InChI=1S/C33H32N4O6S/c1-20(42-31-9-4-5-12-40-31)23-10-11-26(34-17-23)22-8-6-7-21(13-22)19-41-28-14-24(38-2)15-29-25(28)16-30(43-29)27-18-37-32(35-27)44-33(36-37)39-3/h6-8,10-11,13-18,20,31H,4-5,9,12,19H2,1-3H3. The quantitative estimate of drug-likeness (QED) is 0.156. The number of nitrogens with zero attached hydrogens (tertiary/aromatic N) is 4. The predicted molar refractivity (Wildman–Crippen MR) is 166 cm³/mol. The van der Waals surface area contributed by atoms with E-state index in [1.807, 2.05) is 61.8 Å². The van der Waals surface area contributed by atoms with Gasteiger partial charge in [-0.3, -0.25) is 4.98 Å². The van der Waals surface area contributed by atoms with Crippen LogP contribution in [-0.4, -0.2) is 46.7 Å². The number of fused-ring (bicyclic) bond motifs is 2. The summed E-state index contributed by atoms with van der Waals surface area (Å²) in [6, 6.07) is 17.9. The topological polar surface area (TPSA) is 102 Å². The van der Waals surface area contributed by atoms with Crippen molar-refractivity contribution in [3.05, 3.63) is 78.1 Å². The highest BCUT2D eigenvalue weighted by Crippen LogP contribution is 2.38. The summed E-state index contributed by atoms with van der Waals surface area (Å²) in [5.41, 5.74) is 5.23. The average Bonchev–Trinajstić information content (AvgIpc) is 3.78. The van der Waals surface area contributed by atoms with Crippen molar-refractivity contribution in [2.75, 3.05) is 20.8 Å². The fourth-order valence-corrected chi connectivity index (χ4v) is 5.95. The van der Waals surface area contributed by atoms with E-state index < -0.39 is 0 Å². The van der Waals surface area contributed by atoms with Crippen LogP contribution in [0.1, 0.15) is 43.4 Å². The Labute approximate surface area is 258 Å². The lowest BCUT2D eigenvalue weighted by atomic mass is 10.1. The summed E-state index contributed by atoms with van der Waals surface area (Å²) in [5.74, 6) is 1.90. The Morgan fingerprint density at radius 1 is 1.05 bits per heavy atom. The molecular formula is C33H32N4O6S. The van der Waals surface area contributed by atoms with Crippen molar-refractivity contribution >= 4 is 27.3 Å². The fourth-order valence-electron chi connectivity index (χ4n) is 5.25. The Balaban J connectivity index is 1.07. The van der Waals surface area contributed by atoms with Gasteiger partial charge in [0.05, 0.1) is 37.6 Å². The van der Waals surface area contributed by atoms with Crippen LogP contribution >= 0.6 is 11.3 Å². The van der Waals surface area contributed by atoms with Crippen molar-refractivity contribution in [3.63, 3.8) is 0 Å². The lowest BCUT2D eigenvalue weighted by molar-refractivity contribution is -0.186. The van der Waals surface area contributed by atoms with Crippen LogP contribution in [0.25, 0.3) is 38.6 Å². The van der Waals surface area contributed by atoms with Crippen LogP contribution in [0.4, 0.5) is 0 Å². The number of rotatable bonds is 10. The summed E-state index contributed by atoms with van der Waals surface area (Å²) in [6.45, 7) is 3.15. The molecule has 44 heavy (non-hydrogen) atoms. The van der Waals surface area contributed by atoms with E-state index in [0.29, 0.717) is 45.3 Å². The highest BCUT2D eigenvalue weighted by Gasteiger charge is 2.19. The minimum Gasteiger partial charge on any atom is -0.496 e. The number of methoxy groups -OCH3 is 2. The molecule has 2 atom stereocenters. The first kappa shape index (κ1) is 28.3. The lowest BCUT2D eigenvalue weighted by Crippen LogP contribution is -2.23. The van der Waals surface area contributed by atoms with E-state index in [9.17, 15) is 0 Å². The summed E-state index contributed by atoms with van der Waals surface area (Å²) < 4.78 is 36.8. The number of aromatic nitrogens is 4. The maximum atomic E-state index is 6.34. The van der Waals surface area contributed by atoms with Crippen LogP contribution in [0.2, 0.25) is 0 Å². The number of imidazole rings is 1. The number of hydrogen-bond acceptors (Lipinski definition) is 10. The van der Waals surface area contributed by atoms with E-state index in [2.05, 4.69) is 22.2 Å². The molecule has 1 fully saturated rings. The third-order valence-electron chi connectivity index (χ3n) is 7.63. The molecule has 11 heteroatoms. The predicted octanol–water partition coefficient (Wildman–Crippen LogP) is 7.47. The van der Waals surface area contributed by atoms with Gasteiger partial charge in [-0.1, -0.05) is 24.3 Å². The summed E-state index contributed by atoms with van der Waals surface area (Å²) in [5, 5.41) is 5.72. The zero-order valence-electron chi connectivity index (χ0n) is 24.7. The second-order valence-corrected chi connectivity index (χ2v) is 11.5. The summed E-state index contributed by atoms with van der Waals surface area (Å²) in [7, 11) is 3.21. The summed E-state index contributed by atoms with van der Waals surface area (Å²) >= 11 is 1.36. The van der Waals surface area contributed by atoms with E-state index in [1.165, 1.54) is 11.3 Å². The number of furan rings is 1. The smallest absolute Gasteiger partial charge is 0.294 e. The first-order valence-electron chi connectivity index (χ1n) is 14.5. The third-order valence-corrected chi connectivity index (χ3v) is 8.51. The van der Waals surface area contributed by atoms with Crippen molar-refractivity contribution in [1.29, 1.82) is 0 Å². The van der Waals surface area contributed by atoms with Crippen LogP contribution in [0.5, 0.6) is 16.7 Å². The van der Waals surface area contributed by atoms with Gasteiger partial charge in [-0.2, -0.15) is 0 Å². The average molecular weight is 613 g/mol. The molecule has 4 aromatic heterocycles. The van der Waals surface area contributed by atoms with Crippen LogP contribution in [-0.2, 0) is 16.1 Å². The molecule has 0 spiro atoms. The van der Waals surface area contributed by atoms with Gasteiger partial charge in [-0.15, -0.1) is 5.10 Å². The first-order chi connectivity index (χ1) is 21.6. The van der Waals surface area contributed by atoms with Crippen molar-refractivity contribution in [1.82, 2.24) is 19.6 Å². The van der Waals surface area contributed by atoms with Gasteiger partial charge in [0.25, 0.3) is 5.19 Å². The summed E-state index contributed by atoms with van der Waals surface area (Å²) in [4.78, 5) is 10.1. The molecule has 10 nitrogen and oxygen atoms in total.